The summed E-state index contributed by atoms with van der Waals surface area (Å²) >= 11 is 0. The van der Waals surface area contributed by atoms with Crippen molar-refractivity contribution in [1.29, 1.82) is 0 Å². The lowest BCUT2D eigenvalue weighted by molar-refractivity contribution is -0.121. The molecule has 2 aromatic rings. The first-order valence-corrected chi connectivity index (χ1v) is 8.43. The summed E-state index contributed by atoms with van der Waals surface area (Å²) in [5, 5.41) is 5.34. The SMILES string of the molecule is C=C1c2ccccc2C(=O)N1CC(=O)NC(C)c1ccc(NC(N)=O)cc1. The summed E-state index contributed by atoms with van der Waals surface area (Å²) < 4.78 is 0. The van der Waals surface area contributed by atoms with Crippen molar-refractivity contribution in [3.8, 4) is 0 Å². The molecule has 0 saturated carbocycles. The Labute approximate surface area is 156 Å². The van der Waals surface area contributed by atoms with Crippen LogP contribution in [-0.2, 0) is 4.79 Å². The normalized spacial score (nSPS) is 13.9. The minimum Gasteiger partial charge on any atom is -0.351 e. The maximum Gasteiger partial charge on any atom is 0.316 e. The number of nitrogens with one attached hydrogen (secondary N) is 2. The smallest absolute Gasteiger partial charge is 0.316 e. The zero-order chi connectivity index (χ0) is 19.6. The zero-order valence-corrected chi connectivity index (χ0v) is 14.9. The topological polar surface area (TPSA) is 105 Å². The molecule has 7 heteroatoms. The van der Waals surface area contributed by atoms with Crippen LogP contribution in [0.15, 0.2) is 55.1 Å². The molecule has 1 atom stereocenters. The van der Waals surface area contributed by atoms with Gasteiger partial charge in [-0.3, -0.25) is 14.5 Å². The second kappa shape index (κ2) is 7.33. The van der Waals surface area contributed by atoms with Crippen molar-refractivity contribution in [2.75, 3.05) is 11.9 Å². The van der Waals surface area contributed by atoms with Gasteiger partial charge in [0.2, 0.25) is 5.91 Å². The predicted octanol–water partition coefficient (Wildman–Crippen LogP) is 2.48. The van der Waals surface area contributed by atoms with Crippen molar-refractivity contribution in [3.05, 3.63) is 71.8 Å². The first-order valence-electron chi connectivity index (χ1n) is 8.43. The molecule has 1 aliphatic heterocycles. The van der Waals surface area contributed by atoms with Crippen LogP contribution in [0.2, 0.25) is 0 Å². The van der Waals surface area contributed by atoms with E-state index >= 15 is 0 Å². The number of primary amides is 1. The molecule has 4 amide bonds. The van der Waals surface area contributed by atoms with E-state index in [-0.39, 0.29) is 24.4 Å². The Morgan fingerprint density at radius 3 is 2.33 bits per heavy atom. The highest BCUT2D eigenvalue weighted by Crippen LogP contribution is 2.30. The molecule has 1 unspecified atom stereocenters. The number of rotatable bonds is 5. The predicted molar refractivity (Wildman–Crippen MR) is 103 cm³/mol. The first-order chi connectivity index (χ1) is 12.9. The number of anilines is 1. The molecular formula is C20H20N4O3. The number of amides is 4. The molecule has 0 spiro atoms. The van der Waals surface area contributed by atoms with Crippen LogP contribution in [0.3, 0.4) is 0 Å². The number of nitrogens with zero attached hydrogens (tertiary/aromatic N) is 1. The molecule has 1 heterocycles. The van der Waals surface area contributed by atoms with Crippen molar-refractivity contribution >= 4 is 29.2 Å². The fourth-order valence-electron chi connectivity index (χ4n) is 3.01. The minimum atomic E-state index is -0.638. The van der Waals surface area contributed by atoms with Crippen LogP contribution in [0.1, 0.15) is 34.5 Å². The molecule has 7 nitrogen and oxygen atoms in total. The van der Waals surface area contributed by atoms with Gasteiger partial charge in [0.25, 0.3) is 5.91 Å². The van der Waals surface area contributed by atoms with Gasteiger partial charge in [-0.15, -0.1) is 0 Å². The molecule has 4 N–H and O–H groups in total. The van der Waals surface area contributed by atoms with Crippen LogP contribution in [0.4, 0.5) is 10.5 Å². The molecule has 27 heavy (non-hydrogen) atoms. The van der Waals surface area contributed by atoms with Gasteiger partial charge in [-0.05, 0) is 30.7 Å². The van der Waals surface area contributed by atoms with Crippen LogP contribution in [0, 0.1) is 0 Å². The molecule has 0 radical (unpaired) electrons. The van der Waals surface area contributed by atoms with Crippen molar-refractivity contribution in [2.24, 2.45) is 5.73 Å². The highest BCUT2D eigenvalue weighted by Gasteiger charge is 2.32. The van der Waals surface area contributed by atoms with Gasteiger partial charge in [-0.25, -0.2) is 4.79 Å². The van der Waals surface area contributed by atoms with E-state index in [1.807, 2.05) is 19.1 Å². The summed E-state index contributed by atoms with van der Waals surface area (Å²) in [5.41, 5.74) is 8.33. The summed E-state index contributed by atoms with van der Waals surface area (Å²) in [6.45, 7) is 5.67. The zero-order valence-electron chi connectivity index (χ0n) is 14.9. The number of hydrogen-bond acceptors (Lipinski definition) is 3. The van der Waals surface area contributed by atoms with Gasteiger partial charge in [-0.1, -0.05) is 36.9 Å². The highest BCUT2D eigenvalue weighted by atomic mass is 16.2. The molecule has 0 aliphatic carbocycles. The summed E-state index contributed by atoms with van der Waals surface area (Å²) in [6, 6.07) is 13.2. The fraction of sp³-hybridized carbons (Fsp3) is 0.150. The highest BCUT2D eigenvalue weighted by molar-refractivity contribution is 6.10. The van der Waals surface area contributed by atoms with Crippen LogP contribution in [-0.4, -0.2) is 29.3 Å². The number of benzene rings is 2. The Hall–Kier alpha value is -3.61. The van der Waals surface area contributed by atoms with E-state index < -0.39 is 6.03 Å². The Morgan fingerprint density at radius 1 is 1.11 bits per heavy atom. The lowest BCUT2D eigenvalue weighted by atomic mass is 10.1. The van der Waals surface area contributed by atoms with Crippen LogP contribution in [0.5, 0.6) is 0 Å². The monoisotopic (exact) mass is 364 g/mol. The van der Waals surface area contributed by atoms with Gasteiger partial charge in [-0.2, -0.15) is 0 Å². The van der Waals surface area contributed by atoms with Gasteiger partial charge >= 0.3 is 6.03 Å². The average Bonchev–Trinajstić information content (AvgIpc) is 2.87. The second-order valence-corrected chi connectivity index (χ2v) is 6.28. The third-order valence-electron chi connectivity index (χ3n) is 4.40. The molecular weight excluding hydrogens is 344 g/mol. The van der Waals surface area contributed by atoms with Crippen LogP contribution in [0.25, 0.3) is 5.70 Å². The van der Waals surface area contributed by atoms with Crippen molar-refractivity contribution in [1.82, 2.24) is 10.2 Å². The van der Waals surface area contributed by atoms with E-state index in [2.05, 4.69) is 17.2 Å². The first kappa shape index (κ1) is 18.2. The minimum absolute atomic E-state index is 0.0992. The Bertz CT molecular complexity index is 886. The quantitative estimate of drug-likeness (QED) is 0.759. The number of urea groups is 1. The van der Waals surface area contributed by atoms with E-state index in [0.717, 1.165) is 11.1 Å². The number of fused-ring (bicyclic) bond motifs is 1. The van der Waals surface area contributed by atoms with Crippen molar-refractivity contribution in [2.45, 2.75) is 13.0 Å². The van der Waals surface area contributed by atoms with E-state index in [1.165, 1.54) is 4.90 Å². The number of nitrogens with two attached hydrogens (primary N) is 1. The van der Waals surface area contributed by atoms with E-state index in [1.54, 1.807) is 36.4 Å². The number of hydrogen-bond donors (Lipinski definition) is 3. The number of carbonyl (C=O) groups is 3. The standard InChI is InChI=1S/C20H20N4O3/c1-12(14-7-9-15(10-8-14)23-20(21)27)22-18(25)11-24-13(2)16-5-3-4-6-17(16)19(24)26/h3-10,12H,2,11H2,1H3,(H,22,25)(H3,21,23,27). The van der Waals surface area contributed by atoms with Crippen molar-refractivity contribution < 1.29 is 14.4 Å². The third-order valence-corrected chi connectivity index (χ3v) is 4.40. The van der Waals surface area contributed by atoms with Gasteiger partial charge < -0.3 is 16.4 Å². The average molecular weight is 364 g/mol. The summed E-state index contributed by atoms with van der Waals surface area (Å²) in [5.74, 6) is -0.510. The molecule has 0 bridgehead atoms. The maximum absolute atomic E-state index is 12.5. The molecule has 2 aromatic carbocycles. The Morgan fingerprint density at radius 2 is 1.74 bits per heavy atom. The summed E-state index contributed by atoms with van der Waals surface area (Å²) in [4.78, 5) is 37.1. The molecule has 0 aromatic heterocycles. The Kier molecular flexibility index (Phi) is 4.94. The lowest BCUT2D eigenvalue weighted by Crippen LogP contribution is -2.37. The second-order valence-electron chi connectivity index (χ2n) is 6.28. The molecule has 3 rings (SSSR count). The molecule has 0 saturated heterocycles. The summed E-state index contributed by atoms with van der Waals surface area (Å²) in [7, 11) is 0. The van der Waals surface area contributed by atoms with E-state index in [4.69, 9.17) is 5.73 Å². The fourth-order valence-corrected chi connectivity index (χ4v) is 3.01. The van der Waals surface area contributed by atoms with Gasteiger partial charge in [0, 0.05) is 22.5 Å². The van der Waals surface area contributed by atoms with E-state index in [0.29, 0.717) is 16.9 Å². The van der Waals surface area contributed by atoms with E-state index in [9.17, 15) is 14.4 Å². The van der Waals surface area contributed by atoms with Gasteiger partial charge in [0.1, 0.15) is 6.54 Å². The van der Waals surface area contributed by atoms with Crippen molar-refractivity contribution in [3.63, 3.8) is 0 Å². The maximum atomic E-state index is 12.5. The van der Waals surface area contributed by atoms with Crippen LogP contribution >= 0.6 is 0 Å². The molecule has 0 fully saturated rings. The Balaban J connectivity index is 1.62. The number of carbonyl (C=O) groups excluding carboxylic acids is 3. The van der Waals surface area contributed by atoms with Gasteiger partial charge in [0.15, 0.2) is 0 Å². The molecule has 1 aliphatic rings. The molecule has 138 valence electrons. The third kappa shape index (κ3) is 3.82. The largest absolute Gasteiger partial charge is 0.351 e. The lowest BCUT2D eigenvalue weighted by Gasteiger charge is -2.20. The van der Waals surface area contributed by atoms with Crippen LogP contribution < -0.4 is 16.4 Å². The summed E-state index contributed by atoms with van der Waals surface area (Å²) in [6.07, 6.45) is 0. The van der Waals surface area contributed by atoms with Gasteiger partial charge in [0.05, 0.1) is 6.04 Å².